The Bertz CT molecular complexity index is 662. The fourth-order valence-electron chi connectivity index (χ4n) is 2.26. The molecule has 1 aromatic carbocycles. The summed E-state index contributed by atoms with van der Waals surface area (Å²) in [5.41, 5.74) is 0.527. The summed E-state index contributed by atoms with van der Waals surface area (Å²) in [6.45, 7) is -0.332. The van der Waals surface area contributed by atoms with Crippen molar-refractivity contribution in [2.24, 2.45) is 5.92 Å². The molecule has 0 saturated heterocycles. The molecule has 3 rings (SSSR count). The van der Waals surface area contributed by atoms with E-state index in [2.05, 4.69) is 5.32 Å². The van der Waals surface area contributed by atoms with Gasteiger partial charge in [0.25, 0.3) is 5.91 Å². The molecule has 114 valence electrons. The number of benzene rings is 1. The Balaban J connectivity index is 1.43. The zero-order valence-corrected chi connectivity index (χ0v) is 11.7. The SMILES string of the molecule is O=C(COC(=O)[C@@H]1C[C@H]1c1ccco1)Nc1ccc(O)cc1. The Morgan fingerprint density at radius 1 is 1.27 bits per heavy atom. The minimum absolute atomic E-state index is 0.0580. The first-order valence-corrected chi connectivity index (χ1v) is 6.92. The van der Waals surface area contributed by atoms with E-state index in [0.29, 0.717) is 12.1 Å². The van der Waals surface area contributed by atoms with Gasteiger partial charge in [-0.15, -0.1) is 0 Å². The van der Waals surface area contributed by atoms with Crippen LogP contribution in [-0.2, 0) is 14.3 Å². The average Bonchev–Trinajstić information content (AvgIpc) is 3.13. The summed E-state index contributed by atoms with van der Waals surface area (Å²) in [5, 5.41) is 11.7. The fourth-order valence-corrected chi connectivity index (χ4v) is 2.26. The molecule has 1 fully saturated rings. The van der Waals surface area contributed by atoms with Crippen molar-refractivity contribution in [1.29, 1.82) is 0 Å². The average molecular weight is 301 g/mol. The number of furan rings is 1. The predicted molar refractivity (Wildman–Crippen MR) is 77.3 cm³/mol. The molecule has 0 unspecified atom stereocenters. The molecule has 1 heterocycles. The van der Waals surface area contributed by atoms with Gasteiger partial charge in [-0.1, -0.05) is 0 Å². The van der Waals surface area contributed by atoms with Gasteiger partial charge in [0.2, 0.25) is 0 Å². The highest BCUT2D eigenvalue weighted by atomic mass is 16.5. The summed E-state index contributed by atoms with van der Waals surface area (Å²) in [6.07, 6.45) is 2.26. The molecule has 6 heteroatoms. The van der Waals surface area contributed by atoms with Crippen molar-refractivity contribution in [3.05, 3.63) is 48.4 Å². The summed E-state index contributed by atoms with van der Waals surface area (Å²) in [5.74, 6) is -0.0931. The van der Waals surface area contributed by atoms with Crippen LogP contribution in [0.4, 0.5) is 5.69 Å². The van der Waals surface area contributed by atoms with Crippen LogP contribution in [0.3, 0.4) is 0 Å². The lowest BCUT2D eigenvalue weighted by Gasteiger charge is -2.06. The first-order chi connectivity index (χ1) is 10.6. The number of phenols is 1. The molecule has 0 spiro atoms. The van der Waals surface area contributed by atoms with E-state index in [1.165, 1.54) is 12.1 Å². The normalized spacial score (nSPS) is 19.5. The molecule has 1 aromatic heterocycles. The number of hydrogen-bond donors (Lipinski definition) is 2. The van der Waals surface area contributed by atoms with Crippen LogP contribution in [-0.4, -0.2) is 23.6 Å². The van der Waals surface area contributed by atoms with Crippen molar-refractivity contribution in [2.75, 3.05) is 11.9 Å². The van der Waals surface area contributed by atoms with Crippen LogP contribution < -0.4 is 5.32 Å². The number of carbonyl (C=O) groups excluding carboxylic acids is 2. The second-order valence-corrected chi connectivity index (χ2v) is 5.17. The number of carbonyl (C=O) groups is 2. The summed E-state index contributed by atoms with van der Waals surface area (Å²) >= 11 is 0. The number of esters is 1. The maximum absolute atomic E-state index is 11.8. The van der Waals surface area contributed by atoms with Crippen LogP contribution >= 0.6 is 0 Å². The molecule has 2 atom stereocenters. The molecule has 1 amide bonds. The summed E-state index contributed by atoms with van der Waals surface area (Å²) in [4.78, 5) is 23.5. The number of nitrogens with one attached hydrogen (secondary N) is 1. The van der Waals surface area contributed by atoms with E-state index in [4.69, 9.17) is 14.3 Å². The number of anilines is 1. The molecule has 1 aliphatic carbocycles. The number of aromatic hydroxyl groups is 1. The van der Waals surface area contributed by atoms with Crippen molar-refractivity contribution in [2.45, 2.75) is 12.3 Å². The lowest BCUT2D eigenvalue weighted by Crippen LogP contribution is -2.21. The molecule has 22 heavy (non-hydrogen) atoms. The third-order valence-electron chi connectivity index (χ3n) is 3.50. The monoisotopic (exact) mass is 301 g/mol. The van der Waals surface area contributed by atoms with E-state index >= 15 is 0 Å². The zero-order valence-electron chi connectivity index (χ0n) is 11.7. The van der Waals surface area contributed by atoms with Crippen molar-refractivity contribution >= 4 is 17.6 Å². The number of hydrogen-bond acceptors (Lipinski definition) is 5. The Morgan fingerprint density at radius 2 is 2.05 bits per heavy atom. The number of amides is 1. The largest absolute Gasteiger partial charge is 0.508 e. The predicted octanol–water partition coefficient (Wildman–Crippen LogP) is 2.27. The van der Waals surface area contributed by atoms with Crippen LogP contribution in [0.25, 0.3) is 0 Å². The van der Waals surface area contributed by atoms with Gasteiger partial charge < -0.3 is 19.6 Å². The van der Waals surface area contributed by atoms with E-state index in [0.717, 1.165) is 5.76 Å². The van der Waals surface area contributed by atoms with Gasteiger partial charge in [-0.2, -0.15) is 0 Å². The van der Waals surface area contributed by atoms with Crippen LogP contribution in [0.15, 0.2) is 47.1 Å². The molecule has 0 aliphatic heterocycles. The van der Waals surface area contributed by atoms with Gasteiger partial charge in [0.15, 0.2) is 6.61 Å². The third kappa shape index (κ3) is 3.28. The van der Waals surface area contributed by atoms with Crippen LogP contribution in [0.1, 0.15) is 18.1 Å². The van der Waals surface area contributed by atoms with E-state index < -0.39 is 5.91 Å². The Hall–Kier alpha value is -2.76. The molecule has 0 radical (unpaired) electrons. The summed E-state index contributed by atoms with van der Waals surface area (Å²) < 4.78 is 10.3. The fraction of sp³-hybridized carbons (Fsp3) is 0.250. The highest BCUT2D eigenvalue weighted by Crippen LogP contribution is 2.48. The van der Waals surface area contributed by atoms with Crippen LogP contribution in [0, 0.1) is 5.92 Å². The van der Waals surface area contributed by atoms with Gasteiger partial charge in [0.1, 0.15) is 11.5 Å². The van der Waals surface area contributed by atoms with Crippen LogP contribution in [0.5, 0.6) is 5.75 Å². The van der Waals surface area contributed by atoms with E-state index in [1.807, 2.05) is 6.07 Å². The minimum atomic E-state index is -0.422. The number of rotatable bonds is 5. The Labute approximate surface area is 126 Å². The van der Waals surface area contributed by atoms with Gasteiger partial charge in [0.05, 0.1) is 12.2 Å². The highest BCUT2D eigenvalue weighted by Gasteiger charge is 2.47. The quantitative estimate of drug-likeness (QED) is 0.653. The highest BCUT2D eigenvalue weighted by molar-refractivity contribution is 5.93. The van der Waals surface area contributed by atoms with Crippen LogP contribution in [0.2, 0.25) is 0 Å². The number of phenolic OH excluding ortho intramolecular Hbond substituents is 1. The van der Waals surface area contributed by atoms with Crippen molar-refractivity contribution in [3.8, 4) is 5.75 Å². The summed E-state index contributed by atoms with van der Waals surface area (Å²) in [6, 6.07) is 9.64. The Morgan fingerprint density at radius 3 is 2.73 bits per heavy atom. The molecule has 1 saturated carbocycles. The third-order valence-corrected chi connectivity index (χ3v) is 3.50. The topological polar surface area (TPSA) is 88.8 Å². The molecule has 2 N–H and O–H groups in total. The molecular weight excluding hydrogens is 286 g/mol. The van der Waals surface area contributed by atoms with Crippen molar-refractivity contribution in [1.82, 2.24) is 0 Å². The lowest BCUT2D eigenvalue weighted by molar-refractivity contribution is -0.148. The zero-order chi connectivity index (χ0) is 15.5. The van der Waals surface area contributed by atoms with E-state index in [1.54, 1.807) is 24.5 Å². The molecule has 2 aromatic rings. The number of ether oxygens (including phenoxy) is 1. The lowest BCUT2D eigenvalue weighted by atomic mass is 10.2. The molecular formula is C16H15NO5. The van der Waals surface area contributed by atoms with Gasteiger partial charge in [-0.3, -0.25) is 9.59 Å². The van der Waals surface area contributed by atoms with Crippen molar-refractivity contribution in [3.63, 3.8) is 0 Å². The smallest absolute Gasteiger partial charge is 0.310 e. The molecule has 6 nitrogen and oxygen atoms in total. The first-order valence-electron chi connectivity index (χ1n) is 6.92. The van der Waals surface area contributed by atoms with E-state index in [9.17, 15) is 9.59 Å². The maximum Gasteiger partial charge on any atom is 0.310 e. The first kappa shape index (κ1) is 14.2. The second-order valence-electron chi connectivity index (χ2n) is 5.17. The standard InChI is InChI=1S/C16H15NO5/c18-11-5-3-10(4-6-11)17-15(19)9-22-16(20)13-8-12(13)14-2-1-7-21-14/h1-7,12-13,18H,8-9H2,(H,17,19)/t12-,13-/m1/s1. The maximum atomic E-state index is 11.8. The van der Waals surface area contributed by atoms with Gasteiger partial charge >= 0.3 is 5.97 Å². The van der Waals surface area contributed by atoms with Gasteiger partial charge in [-0.05, 0) is 42.8 Å². The Kier molecular flexibility index (Phi) is 3.82. The van der Waals surface area contributed by atoms with Crippen molar-refractivity contribution < 1.29 is 23.8 Å². The van der Waals surface area contributed by atoms with E-state index in [-0.39, 0.29) is 30.2 Å². The molecule has 0 bridgehead atoms. The molecule has 1 aliphatic rings. The van der Waals surface area contributed by atoms with Gasteiger partial charge in [-0.25, -0.2) is 0 Å². The van der Waals surface area contributed by atoms with Gasteiger partial charge in [0, 0.05) is 11.6 Å². The second kappa shape index (κ2) is 5.93. The summed E-state index contributed by atoms with van der Waals surface area (Å²) in [7, 11) is 0. The minimum Gasteiger partial charge on any atom is -0.508 e.